The zero-order valence-electron chi connectivity index (χ0n) is 13.8. The van der Waals surface area contributed by atoms with Crippen LogP contribution in [-0.4, -0.2) is 58.3 Å². The van der Waals surface area contributed by atoms with Gasteiger partial charge in [0.25, 0.3) is 0 Å². The fourth-order valence-corrected chi connectivity index (χ4v) is 5.90. The third kappa shape index (κ3) is 3.34. The number of aryl methyl sites for hydroxylation is 2. The minimum absolute atomic E-state index is 0.0966. The summed E-state index contributed by atoms with van der Waals surface area (Å²) in [5.41, 5.74) is 1.55. The van der Waals surface area contributed by atoms with Crippen molar-refractivity contribution >= 4 is 27.3 Å². The van der Waals surface area contributed by atoms with E-state index >= 15 is 0 Å². The second-order valence-electron chi connectivity index (χ2n) is 6.13. The molecule has 1 saturated heterocycles. The van der Waals surface area contributed by atoms with E-state index in [1.807, 2.05) is 13.0 Å². The van der Waals surface area contributed by atoms with Gasteiger partial charge in [-0.15, -0.1) is 11.3 Å². The lowest BCUT2D eigenvalue weighted by Gasteiger charge is -2.33. The number of carboxylic acid groups (broad SMARTS) is 1. The maximum absolute atomic E-state index is 13.0. The average molecular weight is 385 g/mol. The highest BCUT2D eigenvalue weighted by Gasteiger charge is 2.39. The van der Waals surface area contributed by atoms with Gasteiger partial charge < -0.3 is 10.2 Å². The van der Waals surface area contributed by atoms with Crippen LogP contribution in [0.3, 0.4) is 0 Å². The molecule has 2 atom stereocenters. The molecule has 3 rings (SSSR count). The van der Waals surface area contributed by atoms with Crippen LogP contribution in [0.5, 0.6) is 0 Å². The highest BCUT2D eigenvalue weighted by molar-refractivity contribution is 7.89. The van der Waals surface area contributed by atoms with E-state index in [0.717, 1.165) is 14.9 Å². The molecule has 10 heteroatoms. The minimum atomic E-state index is -3.83. The van der Waals surface area contributed by atoms with E-state index in [1.165, 1.54) is 11.3 Å². The van der Waals surface area contributed by atoms with Gasteiger partial charge in [-0.25, -0.2) is 8.42 Å². The molecule has 3 N–H and O–H groups in total. The number of aliphatic hydroxyl groups excluding tert-OH is 1. The Morgan fingerprint density at radius 2 is 2.12 bits per heavy atom. The van der Waals surface area contributed by atoms with E-state index in [-0.39, 0.29) is 24.4 Å². The molecule has 0 amide bonds. The number of aromatic amines is 1. The molecule has 0 aromatic carbocycles. The summed E-state index contributed by atoms with van der Waals surface area (Å²) in [5.74, 6) is -2.31. The number of aliphatic carboxylic acids is 1. The Kier molecular flexibility index (Phi) is 4.71. The smallest absolute Gasteiger partial charge is 0.310 e. The van der Waals surface area contributed by atoms with Crippen molar-refractivity contribution in [2.45, 2.75) is 31.3 Å². The Morgan fingerprint density at radius 1 is 1.40 bits per heavy atom. The van der Waals surface area contributed by atoms with Crippen molar-refractivity contribution in [2.24, 2.45) is 5.92 Å². The first-order valence-electron chi connectivity index (χ1n) is 7.74. The molecule has 1 aliphatic rings. The molecular weight excluding hydrogens is 366 g/mol. The fraction of sp³-hybridized carbons (Fsp3) is 0.467. The lowest BCUT2D eigenvalue weighted by atomic mass is 9.96. The van der Waals surface area contributed by atoms with Gasteiger partial charge in [-0.3, -0.25) is 9.89 Å². The summed E-state index contributed by atoms with van der Waals surface area (Å²) in [5, 5.41) is 25.9. The molecule has 25 heavy (non-hydrogen) atoms. The number of aromatic nitrogens is 2. The van der Waals surface area contributed by atoms with E-state index < -0.39 is 28.0 Å². The number of hydrogen-bond donors (Lipinski definition) is 3. The topological polar surface area (TPSA) is 124 Å². The first-order chi connectivity index (χ1) is 11.7. The Bertz CT molecular complexity index is 902. The number of carboxylic acids is 1. The van der Waals surface area contributed by atoms with Crippen LogP contribution in [0.4, 0.5) is 0 Å². The monoisotopic (exact) mass is 385 g/mol. The normalized spacial score (nSPS) is 22.2. The summed E-state index contributed by atoms with van der Waals surface area (Å²) in [6.45, 7) is 3.44. The summed E-state index contributed by atoms with van der Waals surface area (Å²) in [7, 11) is -3.83. The molecular formula is C15H19N3O5S2. The second kappa shape index (κ2) is 6.52. The van der Waals surface area contributed by atoms with Crippen LogP contribution in [-0.2, 0) is 14.8 Å². The lowest BCUT2D eigenvalue weighted by Crippen LogP contribution is -2.48. The first kappa shape index (κ1) is 18.1. The Hall–Kier alpha value is -1.75. The lowest BCUT2D eigenvalue weighted by molar-refractivity contribution is -0.147. The Morgan fingerprint density at radius 3 is 2.72 bits per heavy atom. The predicted octanol–water partition coefficient (Wildman–Crippen LogP) is 1.21. The van der Waals surface area contributed by atoms with Crippen LogP contribution < -0.4 is 0 Å². The highest BCUT2D eigenvalue weighted by atomic mass is 32.2. The average Bonchev–Trinajstić information content (AvgIpc) is 3.13. The standard InChI is InChI=1S/C15H19N3O5S2/c1-8-5-11(17-16-8)13-6-14(9(2)24-13)25(22,23)18-4-3-12(19)10(7-18)15(20)21/h5-6,10,12,19H,3-4,7H2,1-2H3,(H,16,17)(H,20,21)/t10-,12+/m0/s1. The largest absolute Gasteiger partial charge is 0.481 e. The maximum Gasteiger partial charge on any atom is 0.310 e. The van der Waals surface area contributed by atoms with Crippen molar-refractivity contribution in [2.75, 3.05) is 13.1 Å². The summed E-state index contributed by atoms with van der Waals surface area (Å²) >= 11 is 1.33. The molecule has 2 aromatic heterocycles. The van der Waals surface area contributed by atoms with E-state index in [9.17, 15) is 23.4 Å². The quantitative estimate of drug-likeness (QED) is 0.727. The van der Waals surface area contributed by atoms with Crippen LogP contribution in [0, 0.1) is 19.8 Å². The fourth-order valence-electron chi connectivity index (χ4n) is 2.90. The third-order valence-electron chi connectivity index (χ3n) is 4.30. The number of nitrogens with zero attached hydrogens (tertiary/aromatic N) is 2. The molecule has 0 saturated carbocycles. The molecule has 0 bridgehead atoms. The first-order valence-corrected chi connectivity index (χ1v) is 9.99. The summed E-state index contributed by atoms with van der Waals surface area (Å²) in [6.07, 6.45) is -0.930. The van der Waals surface area contributed by atoms with Gasteiger partial charge in [0.05, 0.1) is 21.8 Å². The zero-order chi connectivity index (χ0) is 18.4. The molecule has 2 aromatic rings. The summed E-state index contributed by atoms with van der Waals surface area (Å²) in [4.78, 5) is 12.7. The number of thiophene rings is 1. The number of aliphatic hydroxyl groups is 1. The van der Waals surface area contributed by atoms with E-state index in [2.05, 4.69) is 10.2 Å². The van der Waals surface area contributed by atoms with Gasteiger partial charge >= 0.3 is 5.97 Å². The Labute approximate surface area is 149 Å². The molecule has 0 radical (unpaired) electrons. The zero-order valence-corrected chi connectivity index (χ0v) is 15.4. The number of carbonyl (C=O) groups is 1. The number of hydrogen-bond acceptors (Lipinski definition) is 6. The maximum atomic E-state index is 13.0. The number of sulfonamides is 1. The third-order valence-corrected chi connectivity index (χ3v) is 7.50. The van der Waals surface area contributed by atoms with Crippen molar-refractivity contribution in [1.82, 2.24) is 14.5 Å². The summed E-state index contributed by atoms with van der Waals surface area (Å²) in [6, 6.07) is 3.41. The van der Waals surface area contributed by atoms with Crippen LogP contribution in [0.15, 0.2) is 17.0 Å². The number of nitrogens with one attached hydrogen (secondary N) is 1. The molecule has 136 valence electrons. The Balaban J connectivity index is 1.92. The van der Waals surface area contributed by atoms with E-state index in [0.29, 0.717) is 10.6 Å². The highest BCUT2D eigenvalue weighted by Crippen LogP contribution is 2.35. The number of rotatable bonds is 4. The van der Waals surface area contributed by atoms with E-state index in [4.69, 9.17) is 0 Å². The minimum Gasteiger partial charge on any atom is -0.481 e. The van der Waals surface area contributed by atoms with Gasteiger partial charge in [-0.1, -0.05) is 0 Å². The van der Waals surface area contributed by atoms with Gasteiger partial charge in [0.15, 0.2) is 0 Å². The van der Waals surface area contributed by atoms with Gasteiger partial charge in [-0.2, -0.15) is 9.40 Å². The van der Waals surface area contributed by atoms with Crippen LogP contribution >= 0.6 is 11.3 Å². The summed E-state index contributed by atoms with van der Waals surface area (Å²) < 4.78 is 27.1. The van der Waals surface area contributed by atoms with Crippen LogP contribution in [0.1, 0.15) is 17.0 Å². The van der Waals surface area contributed by atoms with Crippen molar-refractivity contribution in [1.29, 1.82) is 0 Å². The predicted molar refractivity (Wildman–Crippen MR) is 91.9 cm³/mol. The van der Waals surface area contributed by atoms with Gasteiger partial charge in [0, 0.05) is 23.7 Å². The molecule has 1 aliphatic heterocycles. The number of H-pyrrole nitrogens is 1. The van der Waals surface area contributed by atoms with Gasteiger partial charge in [0.1, 0.15) is 5.69 Å². The van der Waals surface area contributed by atoms with Crippen molar-refractivity contribution in [3.63, 3.8) is 0 Å². The van der Waals surface area contributed by atoms with Gasteiger partial charge in [-0.05, 0) is 32.4 Å². The van der Waals surface area contributed by atoms with Crippen molar-refractivity contribution in [3.05, 3.63) is 22.7 Å². The van der Waals surface area contributed by atoms with Crippen LogP contribution in [0.25, 0.3) is 10.6 Å². The van der Waals surface area contributed by atoms with E-state index in [1.54, 1.807) is 13.0 Å². The molecule has 0 unspecified atom stereocenters. The molecule has 0 aliphatic carbocycles. The molecule has 3 heterocycles. The van der Waals surface area contributed by atoms with Crippen LogP contribution in [0.2, 0.25) is 0 Å². The SMILES string of the molecule is Cc1cc(-c2cc(S(=O)(=O)N3CC[C@@H](O)[C@@H](C(=O)O)C3)c(C)s2)n[nH]1. The van der Waals surface area contributed by atoms with Crippen molar-refractivity contribution in [3.8, 4) is 10.6 Å². The van der Waals surface area contributed by atoms with Crippen molar-refractivity contribution < 1.29 is 23.4 Å². The molecule has 8 nitrogen and oxygen atoms in total. The second-order valence-corrected chi connectivity index (χ2v) is 9.29. The number of piperidine rings is 1. The van der Waals surface area contributed by atoms with Gasteiger partial charge in [0.2, 0.25) is 10.0 Å². The molecule has 1 fully saturated rings. The molecule has 0 spiro atoms.